The molecule has 4 rings (SSSR count). The lowest BCUT2D eigenvalue weighted by atomic mass is 10.2. The molecule has 1 aromatic heterocycles. The number of fused-ring (bicyclic) bond motifs is 1. The normalized spacial score (nSPS) is 11.3. The number of benzene rings is 3. The molecule has 0 unspecified atom stereocenters. The third-order valence-electron chi connectivity index (χ3n) is 4.46. The van der Waals surface area contributed by atoms with Gasteiger partial charge in [0.15, 0.2) is 0 Å². The minimum Gasteiger partial charge on any atom is -0.268 e. The second-order valence-electron chi connectivity index (χ2n) is 6.41. The Morgan fingerprint density at radius 3 is 2.57 bits per heavy atom. The lowest BCUT2D eigenvalue weighted by Crippen LogP contribution is -2.22. The van der Waals surface area contributed by atoms with Crippen molar-refractivity contribution < 1.29 is 4.92 Å². The summed E-state index contributed by atoms with van der Waals surface area (Å²) in [6.07, 6.45) is 3.38. The van der Waals surface area contributed by atoms with Crippen LogP contribution >= 0.6 is 31.9 Å². The highest BCUT2D eigenvalue weighted by Gasteiger charge is 2.14. The number of rotatable bonds is 4. The summed E-state index contributed by atoms with van der Waals surface area (Å²) in [7, 11) is 0. The molecular formula is C22H13Br2N3O3. The van der Waals surface area contributed by atoms with Crippen LogP contribution in [0.25, 0.3) is 28.7 Å². The number of para-hydroxylation sites is 1. The average Bonchev–Trinajstić information content (AvgIpc) is 2.74. The first kappa shape index (κ1) is 20.2. The maximum absolute atomic E-state index is 13.3. The van der Waals surface area contributed by atoms with Crippen molar-refractivity contribution in [2.75, 3.05) is 0 Å². The van der Waals surface area contributed by atoms with E-state index in [-0.39, 0.29) is 11.2 Å². The van der Waals surface area contributed by atoms with E-state index in [4.69, 9.17) is 0 Å². The van der Waals surface area contributed by atoms with Crippen molar-refractivity contribution in [3.05, 3.63) is 108 Å². The summed E-state index contributed by atoms with van der Waals surface area (Å²) in [5, 5.41) is 11.5. The molecule has 4 aromatic rings. The fraction of sp³-hybridized carbons (Fsp3) is 0. The zero-order chi connectivity index (χ0) is 21.3. The van der Waals surface area contributed by atoms with Crippen molar-refractivity contribution in [3.8, 4) is 5.69 Å². The number of hydrogen-bond acceptors (Lipinski definition) is 4. The predicted molar refractivity (Wildman–Crippen MR) is 125 cm³/mol. The third kappa shape index (κ3) is 3.96. The van der Waals surface area contributed by atoms with E-state index in [2.05, 4.69) is 36.8 Å². The summed E-state index contributed by atoms with van der Waals surface area (Å²) < 4.78 is 3.06. The Kier molecular flexibility index (Phi) is 5.61. The molecule has 3 aromatic carbocycles. The van der Waals surface area contributed by atoms with E-state index in [0.29, 0.717) is 28.0 Å². The van der Waals surface area contributed by atoms with Crippen LogP contribution in [0.3, 0.4) is 0 Å². The quantitative estimate of drug-likeness (QED) is 0.242. The molecule has 0 fully saturated rings. The molecule has 0 saturated carbocycles. The van der Waals surface area contributed by atoms with Gasteiger partial charge >= 0.3 is 0 Å². The topological polar surface area (TPSA) is 78.0 Å². The molecule has 0 aliphatic heterocycles. The van der Waals surface area contributed by atoms with Crippen LogP contribution < -0.4 is 5.56 Å². The fourth-order valence-corrected chi connectivity index (χ4v) is 3.84. The summed E-state index contributed by atoms with van der Waals surface area (Å²) in [5.41, 5.74) is 1.62. The van der Waals surface area contributed by atoms with Crippen LogP contribution in [0.4, 0.5) is 5.69 Å². The number of hydrogen-bond donors (Lipinski definition) is 0. The zero-order valence-electron chi connectivity index (χ0n) is 15.3. The summed E-state index contributed by atoms with van der Waals surface area (Å²) in [4.78, 5) is 28.6. The van der Waals surface area contributed by atoms with Gasteiger partial charge in [0.25, 0.3) is 11.2 Å². The Labute approximate surface area is 187 Å². The number of non-ortho nitro benzene ring substituents is 1. The van der Waals surface area contributed by atoms with Gasteiger partial charge in [-0.3, -0.25) is 19.5 Å². The fourth-order valence-electron chi connectivity index (χ4n) is 3.06. The predicted octanol–water partition coefficient (Wildman–Crippen LogP) is 5.99. The van der Waals surface area contributed by atoms with Crippen LogP contribution in [0.1, 0.15) is 11.4 Å². The maximum Gasteiger partial charge on any atom is 0.270 e. The highest BCUT2D eigenvalue weighted by molar-refractivity contribution is 9.11. The molecule has 0 N–H and O–H groups in total. The number of aromatic nitrogens is 2. The van der Waals surface area contributed by atoms with Crippen molar-refractivity contribution in [2.45, 2.75) is 0 Å². The molecule has 1 heterocycles. The van der Waals surface area contributed by atoms with Gasteiger partial charge in [-0.25, -0.2) is 4.98 Å². The molecule has 0 bridgehead atoms. The second-order valence-corrected chi connectivity index (χ2v) is 8.18. The van der Waals surface area contributed by atoms with Gasteiger partial charge < -0.3 is 0 Å². The highest BCUT2D eigenvalue weighted by atomic mass is 79.9. The molecule has 0 spiro atoms. The molecule has 0 radical (unpaired) electrons. The van der Waals surface area contributed by atoms with Crippen LogP contribution in [0, 0.1) is 10.1 Å². The lowest BCUT2D eigenvalue weighted by molar-refractivity contribution is -0.384. The Morgan fingerprint density at radius 2 is 1.77 bits per heavy atom. The number of nitrogens with zero attached hydrogens (tertiary/aromatic N) is 3. The molecule has 0 atom stereocenters. The van der Waals surface area contributed by atoms with Gasteiger partial charge in [0.2, 0.25) is 0 Å². The van der Waals surface area contributed by atoms with Crippen molar-refractivity contribution >= 4 is 60.6 Å². The SMILES string of the molecule is O=c1c2ccccc2nc(/C=C/c2cccc([N+](=O)[O-])c2)n1-c1cc(Br)ccc1Br. The van der Waals surface area contributed by atoms with E-state index in [9.17, 15) is 14.9 Å². The van der Waals surface area contributed by atoms with E-state index in [1.54, 1.807) is 42.5 Å². The van der Waals surface area contributed by atoms with Crippen LogP contribution in [0.5, 0.6) is 0 Å². The minimum atomic E-state index is -0.444. The van der Waals surface area contributed by atoms with E-state index in [1.165, 1.54) is 16.7 Å². The van der Waals surface area contributed by atoms with Crippen molar-refractivity contribution in [1.29, 1.82) is 0 Å². The summed E-state index contributed by atoms with van der Waals surface area (Å²) in [5.74, 6) is 0.406. The Hall–Kier alpha value is -3.10. The van der Waals surface area contributed by atoms with E-state index in [0.717, 1.165) is 8.95 Å². The van der Waals surface area contributed by atoms with Gasteiger partial charge in [-0.1, -0.05) is 46.3 Å². The van der Waals surface area contributed by atoms with Crippen LogP contribution in [0.2, 0.25) is 0 Å². The minimum absolute atomic E-state index is 0.00394. The summed E-state index contributed by atoms with van der Waals surface area (Å²) in [6, 6.07) is 18.9. The molecule has 0 amide bonds. The van der Waals surface area contributed by atoms with Gasteiger partial charge in [-0.15, -0.1) is 0 Å². The summed E-state index contributed by atoms with van der Waals surface area (Å²) >= 11 is 6.96. The largest absolute Gasteiger partial charge is 0.270 e. The standard InChI is InChI=1S/C22H13Br2N3O3/c23-15-9-10-18(24)20(13-15)26-21(25-19-7-2-1-6-17(19)22(26)28)11-8-14-4-3-5-16(12-14)27(29)30/h1-13H/b11-8+. The van der Waals surface area contributed by atoms with Crippen molar-refractivity contribution in [3.63, 3.8) is 0 Å². The molecule has 148 valence electrons. The molecule has 0 aliphatic carbocycles. The van der Waals surface area contributed by atoms with Crippen molar-refractivity contribution in [2.24, 2.45) is 0 Å². The average molecular weight is 527 g/mol. The van der Waals surface area contributed by atoms with Gasteiger partial charge in [-0.05, 0) is 57.9 Å². The zero-order valence-corrected chi connectivity index (χ0v) is 18.5. The monoisotopic (exact) mass is 525 g/mol. The van der Waals surface area contributed by atoms with Gasteiger partial charge in [0.1, 0.15) is 5.82 Å². The number of halogens is 2. The molecule has 0 saturated heterocycles. The number of nitro groups is 1. The van der Waals surface area contributed by atoms with Crippen LogP contribution in [-0.4, -0.2) is 14.5 Å². The first-order valence-corrected chi connectivity index (χ1v) is 10.4. The van der Waals surface area contributed by atoms with Crippen molar-refractivity contribution in [1.82, 2.24) is 9.55 Å². The van der Waals surface area contributed by atoms with E-state index >= 15 is 0 Å². The Bertz CT molecular complexity index is 1380. The molecular weight excluding hydrogens is 514 g/mol. The number of nitro benzene ring substituents is 1. The lowest BCUT2D eigenvalue weighted by Gasteiger charge is -2.13. The van der Waals surface area contributed by atoms with Gasteiger partial charge in [0, 0.05) is 21.1 Å². The molecule has 30 heavy (non-hydrogen) atoms. The first-order valence-electron chi connectivity index (χ1n) is 8.84. The highest BCUT2D eigenvalue weighted by Crippen LogP contribution is 2.26. The molecule has 8 heteroatoms. The smallest absolute Gasteiger partial charge is 0.268 e. The third-order valence-corrected chi connectivity index (χ3v) is 5.62. The molecule has 0 aliphatic rings. The van der Waals surface area contributed by atoms with Crippen LogP contribution in [0.15, 0.2) is 80.5 Å². The van der Waals surface area contributed by atoms with E-state index in [1.807, 2.05) is 24.3 Å². The van der Waals surface area contributed by atoms with Gasteiger partial charge in [-0.2, -0.15) is 0 Å². The Morgan fingerprint density at radius 1 is 0.967 bits per heavy atom. The van der Waals surface area contributed by atoms with Crippen LogP contribution in [-0.2, 0) is 0 Å². The Balaban J connectivity index is 1.95. The van der Waals surface area contributed by atoms with E-state index < -0.39 is 4.92 Å². The maximum atomic E-state index is 13.3. The summed E-state index contributed by atoms with van der Waals surface area (Å²) in [6.45, 7) is 0. The first-order chi connectivity index (χ1) is 14.4. The van der Waals surface area contributed by atoms with Gasteiger partial charge in [0.05, 0.1) is 21.5 Å². The second kappa shape index (κ2) is 8.33. The molecule has 6 nitrogen and oxygen atoms in total.